The summed E-state index contributed by atoms with van der Waals surface area (Å²) in [5, 5.41) is 17.3. The van der Waals surface area contributed by atoms with Crippen LogP contribution in [0.5, 0.6) is 5.75 Å². The summed E-state index contributed by atoms with van der Waals surface area (Å²) in [4.78, 5) is 35.4. The van der Waals surface area contributed by atoms with E-state index < -0.39 is 22.9 Å². The number of nitro benzene ring substituents is 1. The van der Waals surface area contributed by atoms with E-state index in [1.165, 1.54) is 25.3 Å². The van der Waals surface area contributed by atoms with Crippen molar-refractivity contribution in [3.05, 3.63) is 45.7 Å². The van der Waals surface area contributed by atoms with E-state index in [-0.39, 0.29) is 22.8 Å². The van der Waals surface area contributed by atoms with E-state index in [0.29, 0.717) is 18.6 Å². The molecule has 1 aromatic heterocycles. The number of rotatable bonds is 9. The first-order chi connectivity index (χ1) is 13.3. The van der Waals surface area contributed by atoms with Crippen LogP contribution in [0.15, 0.2) is 28.8 Å². The zero-order valence-corrected chi connectivity index (χ0v) is 15.8. The number of amides is 1. The van der Waals surface area contributed by atoms with Crippen molar-refractivity contribution in [2.75, 3.05) is 12.4 Å². The number of nitrogens with one attached hydrogen (secondary N) is 1. The van der Waals surface area contributed by atoms with Gasteiger partial charge in [0.25, 0.3) is 5.91 Å². The maximum atomic E-state index is 12.5. The number of anilines is 1. The lowest BCUT2D eigenvalue weighted by atomic mass is 10.1. The Morgan fingerprint density at radius 3 is 2.68 bits per heavy atom. The highest BCUT2D eigenvalue weighted by atomic mass is 16.6. The molecule has 1 heterocycles. The molecule has 1 amide bonds. The number of aromatic nitrogens is 1. The molecule has 0 saturated carbocycles. The average Bonchev–Trinajstić information content (AvgIpc) is 3.08. The topological polar surface area (TPSA) is 134 Å². The van der Waals surface area contributed by atoms with E-state index in [9.17, 15) is 19.7 Å². The van der Waals surface area contributed by atoms with Crippen LogP contribution in [0.3, 0.4) is 0 Å². The zero-order chi connectivity index (χ0) is 20.7. The lowest BCUT2D eigenvalue weighted by Crippen LogP contribution is -2.32. The van der Waals surface area contributed by atoms with Crippen molar-refractivity contribution >= 4 is 23.4 Å². The fraction of sp³-hybridized carbons (Fsp3) is 0.389. The van der Waals surface area contributed by atoms with E-state index in [0.717, 1.165) is 12.5 Å². The number of nitrogens with zero attached hydrogens (tertiary/aromatic N) is 2. The number of hydrogen-bond donors (Lipinski definition) is 1. The van der Waals surface area contributed by atoms with Gasteiger partial charge in [-0.3, -0.25) is 14.9 Å². The molecule has 1 atom stereocenters. The van der Waals surface area contributed by atoms with Gasteiger partial charge in [0.1, 0.15) is 5.76 Å². The number of benzene rings is 1. The lowest BCUT2D eigenvalue weighted by Gasteiger charge is -2.16. The number of unbranched alkanes of at least 4 members (excludes halogenated alkanes) is 1. The Kier molecular flexibility index (Phi) is 7.08. The molecule has 0 saturated heterocycles. The van der Waals surface area contributed by atoms with Crippen LogP contribution in [0.1, 0.15) is 42.3 Å². The van der Waals surface area contributed by atoms with Crippen LogP contribution >= 0.6 is 0 Å². The van der Waals surface area contributed by atoms with Crippen molar-refractivity contribution in [2.45, 2.75) is 39.2 Å². The zero-order valence-electron chi connectivity index (χ0n) is 15.8. The smallest absolute Gasteiger partial charge is 0.339 e. The molecular weight excluding hydrogens is 370 g/mol. The minimum atomic E-state index is -1.08. The first kappa shape index (κ1) is 20.9. The van der Waals surface area contributed by atoms with Gasteiger partial charge in [-0.05, 0) is 31.9 Å². The maximum absolute atomic E-state index is 12.5. The first-order valence-corrected chi connectivity index (χ1v) is 8.63. The molecule has 0 fully saturated rings. The predicted octanol–water partition coefficient (Wildman–Crippen LogP) is 3.25. The van der Waals surface area contributed by atoms with Gasteiger partial charge < -0.3 is 19.3 Å². The highest BCUT2D eigenvalue weighted by Crippen LogP contribution is 2.28. The van der Waals surface area contributed by atoms with Gasteiger partial charge in [0.15, 0.2) is 17.7 Å². The molecule has 28 heavy (non-hydrogen) atoms. The van der Waals surface area contributed by atoms with Gasteiger partial charge >= 0.3 is 11.7 Å². The second kappa shape index (κ2) is 9.49. The van der Waals surface area contributed by atoms with Gasteiger partial charge in [0.2, 0.25) is 0 Å². The number of carbonyl (C=O) groups is 2. The molecule has 0 aliphatic rings. The minimum Gasteiger partial charge on any atom is -0.490 e. The van der Waals surface area contributed by atoms with Crippen LogP contribution in [0, 0.1) is 17.0 Å². The Balaban J connectivity index is 2.16. The lowest BCUT2D eigenvalue weighted by molar-refractivity contribution is -0.385. The van der Waals surface area contributed by atoms with Gasteiger partial charge in [-0.2, -0.15) is 0 Å². The van der Waals surface area contributed by atoms with Crippen molar-refractivity contribution in [1.29, 1.82) is 0 Å². The van der Waals surface area contributed by atoms with Crippen molar-refractivity contribution in [3.63, 3.8) is 0 Å². The number of hydrogen-bond acceptors (Lipinski definition) is 8. The molecule has 2 rings (SSSR count). The number of aryl methyl sites for hydroxylation is 1. The Labute approximate surface area is 160 Å². The van der Waals surface area contributed by atoms with Gasteiger partial charge in [0, 0.05) is 12.1 Å². The molecule has 10 heteroatoms. The van der Waals surface area contributed by atoms with E-state index in [2.05, 4.69) is 10.5 Å². The van der Waals surface area contributed by atoms with Crippen molar-refractivity contribution in [1.82, 2.24) is 5.16 Å². The van der Waals surface area contributed by atoms with Gasteiger partial charge in [-0.1, -0.05) is 18.5 Å². The molecule has 0 bridgehead atoms. The van der Waals surface area contributed by atoms with Gasteiger partial charge in [-0.15, -0.1) is 0 Å². The molecule has 150 valence electrons. The average molecular weight is 391 g/mol. The van der Waals surface area contributed by atoms with Crippen molar-refractivity contribution in [2.24, 2.45) is 0 Å². The summed E-state index contributed by atoms with van der Waals surface area (Å²) in [6.07, 6.45) is 0.652. The van der Waals surface area contributed by atoms with Crippen LogP contribution in [0.4, 0.5) is 11.5 Å². The van der Waals surface area contributed by atoms with Crippen LogP contribution in [-0.4, -0.2) is 35.2 Å². The molecule has 0 aliphatic heterocycles. The standard InChI is InChI=1S/C18H21N3O7/c1-4-5-6-15(17(22)19-16-9-11(2)28-20-16)27-18(23)12-7-8-14(26-3)13(10-12)21(24)25/h7-10,15H,4-6H2,1-3H3,(H,19,20,22). The predicted molar refractivity (Wildman–Crippen MR) is 98.2 cm³/mol. The van der Waals surface area contributed by atoms with Crippen LogP contribution in [0.25, 0.3) is 0 Å². The Morgan fingerprint density at radius 2 is 2.11 bits per heavy atom. The SMILES string of the molecule is CCCCC(OC(=O)c1ccc(OC)c([N+](=O)[O-])c1)C(=O)Nc1cc(C)on1. The summed E-state index contributed by atoms with van der Waals surface area (Å²) in [6.45, 7) is 3.61. The van der Waals surface area contributed by atoms with Crippen LogP contribution in [-0.2, 0) is 9.53 Å². The summed E-state index contributed by atoms with van der Waals surface area (Å²) in [5.74, 6) is -0.664. The molecule has 0 spiro atoms. The number of ether oxygens (including phenoxy) is 2. The Hall–Kier alpha value is -3.43. The largest absolute Gasteiger partial charge is 0.490 e. The summed E-state index contributed by atoms with van der Waals surface area (Å²) < 4.78 is 15.1. The molecular formula is C18H21N3O7. The molecule has 1 unspecified atom stereocenters. The fourth-order valence-corrected chi connectivity index (χ4v) is 2.42. The number of methoxy groups -OCH3 is 1. The summed E-state index contributed by atoms with van der Waals surface area (Å²) in [6, 6.07) is 5.22. The monoisotopic (exact) mass is 391 g/mol. The Morgan fingerprint density at radius 1 is 1.36 bits per heavy atom. The molecule has 10 nitrogen and oxygen atoms in total. The summed E-state index contributed by atoms with van der Waals surface area (Å²) in [5.41, 5.74) is -0.427. The highest BCUT2D eigenvalue weighted by Gasteiger charge is 2.26. The molecule has 1 aromatic carbocycles. The maximum Gasteiger partial charge on any atom is 0.339 e. The van der Waals surface area contributed by atoms with Crippen molar-refractivity contribution < 1.29 is 28.5 Å². The minimum absolute atomic E-state index is 0.0169. The second-order valence-corrected chi connectivity index (χ2v) is 5.99. The summed E-state index contributed by atoms with van der Waals surface area (Å²) >= 11 is 0. The van der Waals surface area contributed by atoms with Gasteiger partial charge in [-0.25, -0.2) is 4.79 Å². The van der Waals surface area contributed by atoms with Gasteiger partial charge in [0.05, 0.1) is 17.6 Å². The third kappa shape index (κ3) is 5.29. The van der Waals surface area contributed by atoms with Crippen LogP contribution < -0.4 is 10.1 Å². The quantitative estimate of drug-likeness (QED) is 0.391. The van der Waals surface area contributed by atoms with E-state index in [1.54, 1.807) is 6.92 Å². The first-order valence-electron chi connectivity index (χ1n) is 8.63. The Bertz CT molecular complexity index is 863. The third-order valence-electron chi connectivity index (χ3n) is 3.85. The van der Waals surface area contributed by atoms with Crippen LogP contribution in [0.2, 0.25) is 0 Å². The van der Waals surface area contributed by atoms with E-state index in [1.807, 2.05) is 6.92 Å². The molecule has 0 aliphatic carbocycles. The third-order valence-corrected chi connectivity index (χ3v) is 3.85. The number of nitro groups is 1. The van der Waals surface area contributed by atoms with E-state index in [4.69, 9.17) is 14.0 Å². The summed E-state index contributed by atoms with van der Waals surface area (Å²) in [7, 11) is 1.29. The molecule has 1 N–H and O–H groups in total. The van der Waals surface area contributed by atoms with Crippen molar-refractivity contribution in [3.8, 4) is 5.75 Å². The molecule has 2 aromatic rings. The number of esters is 1. The highest BCUT2D eigenvalue weighted by molar-refractivity contribution is 5.97. The molecule has 0 radical (unpaired) electrons. The normalized spacial score (nSPS) is 11.5. The second-order valence-electron chi connectivity index (χ2n) is 5.99. The van der Waals surface area contributed by atoms with E-state index >= 15 is 0 Å². The number of carbonyl (C=O) groups excluding carboxylic acids is 2. The fourth-order valence-electron chi connectivity index (χ4n) is 2.42.